The Balaban J connectivity index is 1.97. The molecule has 0 aliphatic rings. The predicted molar refractivity (Wildman–Crippen MR) is 79.3 cm³/mol. The van der Waals surface area contributed by atoms with Gasteiger partial charge in [0, 0.05) is 29.1 Å². The summed E-state index contributed by atoms with van der Waals surface area (Å²) in [6.45, 7) is 0. The molecule has 0 saturated carbocycles. The second-order valence-electron chi connectivity index (χ2n) is 4.49. The van der Waals surface area contributed by atoms with E-state index in [0.717, 1.165) is 6.29 Å². The molecular weight excluding hydrogens is 283 g/mol. The molecule has 4 nitrogen and oxygen atoms in total. The van der Waals surface area contributed by atoms with Crippen LogP contribution >= 0.6 is 0 Å². The van der Waals surface area contributed by atoms with Gasteiger partial charge in [0.25, 0.3) is 0 Å². The van der Waals surface area contributed by atoms with Crippen LogP contribution in [0.1, 0.15) is 10.4 Å². The van der Waals surface area contributed by atoms with Gasteiger partial charge in [-0.15, -0.1) is 0 Å². The van der Waals surface area contributed by atoms with E-state index in [1.54, 1.807) is 54.7 Å². The second kappa shape index (κ2) is 6.13. The third kappa shape index (κ3) is 2.83. The molecule has 0 N–H and O–H groups in total. The first-order valence-corrected chi connectivity index (χ1v) is 6.57. The number of aldehydes is 1. The van der Waals surface area contributed by atoms with Crippen LogP contribution in [-0.2, 0) is 0 Å². The van der Waals surface area contributed by atoms with Crippen molar-refractivity contribution in [1.82, 2.24) is 9.97 Å². The highest BCUT2D eigenvalue weighted by Crippen LogP contribution is 2.32. The average Bonchev–Trinajstić information content (AvgIpc) is 2.57. The van der Waals surface area contributed by atoms with Crippen molar-refractivity contribution in [2.24, 2.45) is 0 Å². The Morgan fingerprint density at radius 1 is 0.909 bits per heavy atom. The topological polar surface area (TPSA) is 52.1 Å². The minimum absolute atomic E-state index is 0.272. The van der Waals surface area contributed by atoms with Gasteiger partial charge in [0.1, 0.15) is 12.0 Å². The van der Waals surface area contributed by atoms with Gasteiger partial charge in [0.2, 0.25) is 11.8 Å². The maximum Gasteiger partial charge on any atom is 0.227 e. The molecule has 0 spiro atoms. The summed E-state index contributed by atoms with van der Waals surface area (Å²) in [5, 5.41) is 0. The number of halogens is 1. The quantitative estimate of drug-likeness (QED) is 0.541. The Morgan fingerprint density at radius 2 is 1.59 bits per heavy atom. The van der Waals surface area contributed by atoms with Crippen LogP contribution in [0.25, 0.3) is 11.1 Å². The van der Waals surface area contributed by atoms with Gasteiger partial charge in [0.05, 0.1) is 0 Å². The lowest BCUT2D eigenvalue weighted by molar-refractivity contribution is 0.112. The van der Waals surface area contributed by atoms with E-state index in [1.165, 1.54) is 6.20 Å². The fourth-order valence-electron chi connectivity index (χ4n) is 1.99. The van der Waals surface area contributed by atoms with Gasteiger partial charge >= 0.3 is 0 Å². The van der Waals surface area contributed by atoms with E-state index in [1.807, 2.05) is 0 Å². The lowest BCUT2D eigenvalue weighted by Gasteiger charge is -2.10. The zero-order valence-corrected chi connectivity index (χ0v) is 11.4. The van der Waals surface area contributed by atoms with E-state index >= 15 is 0 Å². The number of hydrogen-bond acceptors (Lipinski definition) is 4. The van der Waals surface area contributed by atoms with E-state index in [4.69, 9.17) is 4.74 Å². The van der Waals surface area contributed by atoms with E-state index in [-0.39, 0.29) is 5.88 Å². The molecule has 0 fully saturated rings. The molecule has 0 bridgehead atoms. The number of ether oxygens (including phenoxy) is 1. The number of nitrogens with zero attached hydrogens (tertiary/aromatic N) is 2. The zero-order valence-electron chi connectivity index (χ0n) is 11.4. The number of benzene rings is 1. The Morgan fingerprint density at radius 3 is 2.27 bits per heavy atom. The smallest absolute Gasteiger partial charge is 0.227 e. The van der Waals surface area contributed by atoms with Crippen LogP contribution in [0.5, 0.6) is 11.6 Å². The van der Waals surface area contributed by atoms with Crippen molar-refractivity contribution >= 4 is 6.29 Å². The van der Waals surface area contributed by atoms with Gasteiger partial charge in [-0.2, -0.15) is 4.39 Å². The Hall–Kier alpha value is -3.08. The second-order valence-corrected chi connectivity index (χ2v) is 4.49. The standard InChI is InChI=1S/C17H11FN2O2/c18-16-14(3-1-9-19-16)15-4-2-10-20-17(15)22-13-7-5-12(11-21)6-8-13/h1-11H. The van der Waals surface area contributed by atoms with Gasteiger partial charge < -0.3 is 4.74 Å². The SMILES string of the molecule is O=Cc1ccc(Oc2ncccc2-c2cccnc2F)cc1. The van der Waals surface area contributed by atoms with Gasteiger partial charge in [-0.3, -0.25) is 4.79 Å². The molecule has 0 unspecified atom stereocenters. The first-order valence-electron chi connectivity index (χ1n) is 6.57. The third-order valence-corrected chi connectivity index (χ3v) is 3.05. The first kappa shape index (κ1) is 13.9. The highest BCUT2D eigenvalue weighted by atomic mass is 19.1. The summed E-state index contributed by atoms with van der Waals surface area (Å²) < 4.78 is 19.6. The number of carbonyl (C=O) groups excluding carboxylic acids is 1. The van der Waals surface area contributed by atoms with E-state index < -0.39 is 5.95 Å². The summed E-state index contributed by atoms with van der Waals surface area (Å²) in [5.41, 5.74) is 1.37. The molecule has 0 aliphatic carbocycles. The molecule has 3 aromatic rings. The number of aromatic nitrogens is 2. The largest absolute Gasteiger partial charge is 0.438 e. The van der Waals surface area contributed by atoms with Gasteiger partial charge in [0.15, 0.2) is 0 Å². The van der Waals surface area contributed by atoms with E-state index in [9.17, 15) is 9.18 Å². The molecule has 2 aromatic heterocycles. The van der Waals surface area contributed by atoms with E-state index in [2.05, 4.69) is 9.97 Å². The number of rotatable bonds is 4. The molecule has 3 rings (SSSR count). The molecular formula is C17H11FN2O2. The first-order chi connectivity index (χ1) is 10.8. The molecule has 0 atom stereocenters. The van der Waals surface area contributed by atoms with Crippen LogP contribution in [0.15, 0.2) is 60.9 Å². The lowest BCUT2D eigenvalue weighted by Crippen LogP contribution is -1.94. The van der Waals surface area contributed by atoms with Crippen molar-refractivity contribution < 1.29 is 13.9 Å². The van der Waals surface area contributed by atoms with Crippen molar-refractivity contribution in [2.75, 3.05) is 0 Å². The van der Waals surface area contributed by atoms with Crippen molar-refractivity contribution in [3.8, 4) is 22.8 Å². The molecule has 1 aromatic carbocycles. The van der Waals surface area contributed by atoms with Gasteiger partial charge in [-0.05, 0) is 48.5 Å². The minimum Gasteiger partial charge on any atom is -0.438 e. The van der Waals surface area contributed by atoms with Crippen molar-refractivity contribution in [1.29, 1.82) is 0 Å². The highest BCUT2D eigenvalue weighted by Gasteiger charge is 2.12. The highest BCUT2D eigenvalue weighted by molar-refractivity contribution is 5.75. The van der Waals surface area contributed by atoms with Crippen LogP contribution in [0, 0.1) is 5.95 Å². The number of pyridine rings is 2. The maximum absolute atomic E-state index is 13.9. The predicted octanol–water partition coefficient (Wildman–Crippen LogP) is 3.89. The molecule has 5 heteroatoms. The normalized spacial score (nSPS) is 10.2. The summed E-state index contributed by atoms with van der Waals surface area (Å²) in [5.74, 6) is 0.194. The molecule has 108 valence electrons. The van der Waals surface area contributed by atoms with Crippen LogP contribution in [-0.4, -0.2) is 16.3 Å². The average molecular weight is 294 g/mol. The molecule has 2 heterocycles. The van der Waals surface area contributed by atoms with Crippen LogP contribution in [0.3, 0.4) is 0 Å². The fraction of sp³-hybridized carbons (Fsp3) is 0. The fourth-order valence-corrected chi connectivity index (χ4v) is 1.99. The van der Waals surface area contributed by atoms with Crippen molar-refractivity contribution in [3.05, 3.63) is 72.4 Å². The molecule has 0 radical (unpaired) electrons. The summed E-state index contributed by atoms with van der Waals surface area (Å²) >= 11 is 0. The Kier molecular flexibility index (Phi) is 3.87. The number of hydrogen-bond donors (Lipinski definition) is 0. The Labute approximate surface area is 126 Å². The summed E-state index contributed by atoms with van der Waals surface area (Å²) in [7, 11) is 0. The molecule has 0 aliphatic heterocycles. The summed E-state index contributed by atoms with van der Waals surface area (Å²) in [6, 6.07) is 13.2. The lowest BCUT2D eigenvalue weighted by atomic mass is 10.1. The number of carbonyl (C=O) groups is 1. The van der Waals surface area contributed by atoms with Gasteiger partial charge in [-0.1, -0.05) is 0 Å². The van der Waals surface area contributed by atoms with E-state index in [0.29, 0.717) is 22.4 Å². The molecule has 0 amide bonds. The monoisotopic (exact) mass is 294 g/mol. The van der Waals surface area contributed by atoms with Crippen LogP contribution in [0.4, 0.5) is 4.39 Å². The maximum atomic E-state index is 13.9. The van der Waals surface area contributed by atoms with Gasteiger partial charge in [-0.25, -0.2) is 9.97 Å². The molecule has 0 saturated heterocycles. The van der Waals surface area contributed by atoms with Crippen molar-refractivity contribution in [2.45, 2.75) is 0 Å². The van der Waals surface area contributed by atoms with Crippen LogP contribution in [0.2, 0.25) is 0 Å². The molecule has 22 heavy (non-hydrogen) atoms. The van der Waals surface area contributed by atoms with Crippen molar-refractivity contribution in [3.63, 3.8) is 0 Å². The van der Waals surface area contributed by atoms with Crippen LogP contribution < -0.4 is 4.74 Å². The zero-order chi connectivity index (χ0) is 15.4. The summed E-state index contributed by atoms with van der Waals surface area (Å²) in [6.07, 6.45) is 3.70. The Bertz CT molecular complexity index is 804. The summed E-state index contributed by atoms with van der Waals surface area (Å²) in [4.78, 5) is 18.4. The minimum atomic E-state index is -0.586. The third-order valence-electron chi connectivity index (χ3n) is 3.05.